The molecule has 2 amide bonds. The summed E-state index contributed by atoms with van der Waals surface area (Å²) >= 11 is 0. The number of carbonyl (C=O) groups is 2. The van der Waals surface area contributed by atoms with Gasteiger partial charge in [0.2, 0.25) is 11.8 Å². The fourth-order valence-electron chi connectivity index (χ4n) is 2.92. The molecule has 1 N–H and O–H groups in total. The minimum atomic E-state index is -0.295. The van der Waals surface area contributed by atoms with Crippen LogP contribution in [0.5, 0.6) is 0 Å². The Kier molecular flexibility index (Phi) is 7.18. The van der Waals surface area contributed by atoms with Gasteiger partial charge in [0.05, 0.1) is 6.04 Å². The highest BCUT2D eigenvalue weighted by molar-refractivity contribution is 5.78. The molecule has 1 fully saturated rings. The minimum Gasteiger partial charge on any atom is -0.372 e. The normalized spacial score (nSPS) is 16.1. The van der Waals surface area contributed by atoms with Gasteiger partial charge < -0.3 is 15.0 Å². The van der Waals surface area contributed by atoms with E-state index in [2.05, 4.69) is 5.32 Å². The summed E-state index contributed by atoms with van der Waals surface area (Å²) in [4.78, 5) is 25.8. The lowest BCUT2D eigenvalue weighted by Gasteiger charge is -2.35. The van der Waals surface area contributed by atoms with Crippen LogP contribution in [0, 0.1) is 5.82 Å². The quantitative estimate of drug-likeness (QED) is 0.789. The Labute approximate surface area is 142 Å². The van der Waals surface area contributed by atoms with E-state index in [-0.39, 0.29) is 30.3 Å². The Morgan fingerprint density at radius 1 is 1.42 bits per heavy atom. The maximum atomic E-state index is 13.4. The van der Waals surface area contributed by atoms with Gasteiger partial charge in [0.15, 0.2) is 0 Å². The molecule has 2 rings (SSSR count). The summed E-state index contributed by atoms with van der Waals surface area (Å²) in [7, 11) is 0. The Balaban J connectivity index is 2.03. The standard InChI is InChI=1S/C18H25FN2O3/c1-2-24-13-17(22)20-12-16(21-9-4-3-8-18(21)23)11-14-6-5-7-15(19)10-14/h5-7,10,16H,2-4,8-9,11-13H2,1H3,(H,20,22)/t16-/m1/s1. The van der Waals surface area contributed by atoms with Crippen LogP contribution in [0.4, 0.5) is 4.39 Å². The maximum absolute atomic E-state index is 13.4. The second kappa shape index (κ2) is 9.37. The number of rotatable bonds is 8. The molecular formula is C18H25FN2O3. The third kappa shape index (κ3) is 5.60. The van der Waals surface area contributed by atoms with Gasteiger partial charge in [0, 0.05) is 26.1 Å². The van der Waals surface area contributed by atoms with E-state index in [0.717, 1.165) is 18.4 Å². The SMILES string of the molecule is CCOCC(=O)NC[C@@H](Cc1cccc(F)c1)N1CCCCC1=O. The summed E-state index contributed by atoms with van der Waals surface area (Å²) in [6.07, 6.45) is 2.90. The third-order valence-corrected chi connectivity index (χ3v) is 4.13. The summed E-state index contributed by atoms with van der Waals surface area (Å²) in [6, 6.07) is 6.20. The molecule has 132 valence electrons. The number of hydrogen-bond donors (Lipinski definition) is 1. The Bertz CT molecular complexity index is 565. The van der Waals surface area contributed by atoms with E-state index in [4.69, 9.17) is 4.74 Å². The van der Waals surface area contributed by atoms with E-state index in [9.17, 15) is 14.0 Å². The highest BCUT2D eigenvalue weighted by atomic mass is 19.1. The first-order chi connectivity index (χ1) is 11.6. The predicted molar refractivity (Wildman–Crippen MR) is 89.0 cm³/mol. The van der Waals surface area contributed by atoms with Gasteiger partial charge >= 0.3 is 0 Å². The Hall–Kier alpha value is -1.95. The highest BCUT2D eigenvalue weighted by Gasteiger charge is 2.26. The molecule has 0 unspecified atom stereocenters. The van der Waals surface area contributed by atoms with E-state index >= 15 is 0 Å². The van der Waals surface area contributed by atoms with Gasteiger partial charge in [0.25, 0.3) is 0 Å². The summed E-state index contributed by atoms with van der Waals surface area (Å²) in [5.74, 6) is -0.399. The van der Waals surface area contributed by atoms with Crippen LogP contribution in [0.2, 0.25) is 0 Å². The molecule has 24 heavy (non-hydrogen) atoms. The van der Waals surface area contributed by atoms with Crippen molar-refractivity contribution in [1.29, 1.82) is 0 Å². The monoisotopic (exact) mass is 336 g/mol. The first kappa shape index (κ1) is 18.4. The summed E-state index contributed by atoms with van der Waals surface area (Å²) in [5, 5.41) is 2.82. The number of likely N-dealkylation sites (tertiary alicyclic amines) is 1. The molecule has 1 saturated heterocycles. The maximum Gasteiger partial charge on any atom is 0.246 e. The van der Waals surface area contributed by atoms with Crippen molar-refractivity contribution in [3.8, 4) is 0 Å². The average molecular weight is 336 g/mol. The van der Waals surface area contributed by atoms with Gasteiger partial charge in [-0.2, -0.15) is 0 Å². The lowest BCUT2D eigenvalue weighted by Crippen LogP contribution is -2.50. The molecule has 0 aliphatic carbocycles. The van der Waals surface area contributed by atoms with E-state index in [1.165, 1.54) is 12.1 Å². The van der Waals surface area contributed by atoms with Crippen molar-refractivity contribution in [2.24, 2.45) is 0 Å². The number of piperidine rings is 1. The van der Waals surface area contributed by atoms with Crippen molar-refractivity contribution in [2.75, 3.05) is 26.3 Å². The summed E-state index contributed by atoms with van der Waals surface area (Å²) in [5.41, 5.74) is 0.817. The summed E-state index contributed by atoms with van der Waals surface area (Å²) < 4.78 is 18.5. The molecule has 0 bridgehead atoms. The first-order valence-corrected chi connectivity index (χ1v) is 8.48. The molecule has 0 radical (unpaired) electrons. The number of halogens is 1. The van der Waals surface area contributed by atoms with E-state index < -0.39 is 0 Å². The van der Waals surface area contributed by atoms with E-state index in [1.807, 2.05) is 17.9 Å². The van der Waals surface area contributed by atoms with Gasteiger partial charge in [-0.1, -0.05) is 12.1 Å². The molecule has 1 aliphatic rings. The molecular weight excluding hydrogens is 311 g/mol. The smallest absolute Gasteiger partial charge is 0.246 e. The first-order valence-electron chi connectivity index (χ1n) is 8.48. The van der Waals surface area contributed by atoms with Gasteiger partial charge in [-0.25, -0.2) is 4.39 Å². The van der Waals surface area contributed by atoms with Crippen LogP contribution in [0.15, 0.2) is 24.3 Å². The van der Waals surface area contributed by atoms with Crippen molar-refractivity contribution in [2.45, 2.75) is 38.6 Å². The van der Waals surface area contributed by atoms with Gasteiger partial charge in [0.1, 0.15) is 12.4 Å². The van der Waals surface area contributed by atoms with Crippen molar-refractivity contribution in [3.05, 3.63) is 35.6 Å². The molecule has 1 aliphatic heterocycles. The number of nitrogens with one attached hydrogen (secondary N) is 1. The second-order valence-electron chi connectivity index (χ2n) is 5.97. The van der Waals surface area contributed by atoms with Crippen molar-refractivity contribution in [3.63, 3.8) is 0 Å². The average Bonchev–Trinajstić information content (AvgIpc) is 2.57. The van der Waals surface area contributed by atoms with E-state index in [0.29, 0.717) is 32.5 Å². The van der Waals surface area contributed by atoms with Gasteiger partial charge in [-0.3, -0.25) is 9.59 Å². The number of nitrogens with zero attached hydrogens (tertiary/aromatic N) is 1. The molecule has 1 heterocycles. The molecule has 0 aromatic heterocycles. The van der Waals surface area contributed by atoms with Crippen LogP contribution in [0.25, 0.3) is 0 Å². The van der Waals surface area contributed by atoms with Crippen LogP contribution in [-0.4, -0.2) is 49.1 Å². The van der Waals surface area contributed by atoms with Crippen molar-refractivity contribution in [1.82, 2.24) is 10.2 Å². The molecule has 1 atom stereocenters. The Morgan fingerprint density at radius 3 is 2.96 bits per heavy atom. The molecule has 0 spiro atoms. The number of ether oxygens (including phenoxy) is 1. The fourth-order valence-corrected chi connectivity index (χ4v) is 2.92. The zero-order valence-electron chi connectivity index (χ0n) is 14.1. The molecule has 6 heteroatoms. The lowest BCUT2D eigenvalue weighted by atomic mass is 10.0. The number of hydrogen-bond acceptors (Lipinski definition) is 3. The van der Waals surface area contributed by atoms with Gasteiger partial charge in [-0.05, 0) is 43.9 Å². The highest BCUT2D eigenvalue weighted by Crippen LogP contribution is 2.17. The zero-order chi connectivity index (χ0) is 17.4. The largest absolute Gasteiger partial charge is 0.372 e. The molecule has 5 nitrogen and oxygen atoms in total. The molecule has 0 saturated carbocycles. The zero-order valence-corrected chi connectivity index (χ0v) is 14.1. The molecule has 1 aromatic rings. The van der Waals surface area contributed by atoms with Crippen molar-refractivity contribution >= 4 is 11.8 Å². The fraction of sp³-hybridized carbons (Fsp3) is 0.556. The van der Waals surface area contributed by atoms with Crippen LogP contribution in [0.3, 0.4) is 0 Å². The van der Waals surface area contributed by atoms with Crippen LogP contribution < -0.4 is 5.32 Å². The van der Waals surface area contributed by atoms with Crippen molar-refractivity contribution < 1.29 is 18.7 Å². The number of amides is 2. The molecule has 1 aromatic carbocycles. The number of carbonyl (C=O) groups excluding carboxylic acids is 2. The Morgan fingerprint density at radius 2 is 2.25 bits per heavy atom. The predicted octanol–water partition coefficient (Wildman–Crippen LogP) is 1.90. The second-order valence-corrected chi connectivity index (χ2v) is 5.97. The minimum absolute atomic E-state index is 0.0110. The van der Waals surface area contributed by atoms with Gasteiger partial charge in [-0.15, -0.1) is 0 Å². The van der Waals surface area contributed by atoms with Crippen LogP contribution >= 0.6 is 0 Å². The third-order valence-electron chi connectivity index (χ3n) is 4.13. The topological polar surface area (TPSA) is 58.6 Å². The van der Waals surface area contributed by atoms with Crippen LogP contribution in [-0.2, 0) is 20.7 Å². The summed E-state index contributed by atoms with van der Waals surface area (Å²) in [6.45, 7) is 3.34. The lowest BCUT2D eigenvalue weighted by molar-refractivity contribution is -0.136. The van der Waals surface area contributed by atoms with Crippen LogP contribution in [0.1, 0.15) is 31.7 Å². The van der Waals surface area contributed by atoms with E-state index in [1.54, 1.807) is 6.07 Å². The number of benzene rings is 1.